The first-order valence-electron chi connectivity index (χ1n) is 32.1. The molecule has 0 aliphatic carbocycles. The molecule has 0 aromatic carbocycles. The molecule has 9 heteroatoms. The van der Waals surface area contributed by atoms with Crippen LogP contribution < -0.4 is 0 Å². The highest BCUT2D eigenvalue weighted by Crippen LogP contribution is 2.17. The number of quaternary nitrogens is 1. The fourth-order valence-corrected chi connectivity index (χ4v) is 9.09. The molecule has 0 saturated carbocycles. The summed E-state index contributed by atoms with van der Waals surface area (Å²) in [5.74, 6) is -2.17. The summed E-state index contributed by atoms with van der Waals surface area (Å²) in [6.07, 6.45) is 75.0. The number of nitrogens with zero attached hydrogens (tertiary/aromatic N) is 1. The second-order valence-corrected chi connectivity index (χ2v) is 22.7. The number of carbonyl (C=O) groups is 3. The molecule has 0 saturated heterocycles. The molecule has 2 atom stereocenters. The first-order valence-corrected chi connectivity index (χ1v) is 32.1. The maximum Gasteiger partial charge on any atom is 0.361 e. The zero-order valence-electron chi connectivity index (χ0n) is 50.9. The van der Waals surface area contributed by atoms with Gasteiger partial charge in [-0.15, -0.1) is 0 Å². The summed E-state index contributed by atoms with van der Waals surface area (Å²) in [6.45, 7) is 4.67. The van der Waals surface area contributed by atoms with Gasteiger partial charge in [0, 0.05) is 6.42 Å². The third-order valence-corrected chi connectivity index (χ3v) is 14.0. The molecule has 9 nitrogen and oxygen atoms in total. The Balaban J connectivity index is 4.01. The van der Waals surface area contributed by atoms with Gasteiger partial charge in [-0.2, -0.15) is 0 Å². The van der Waals surface area contributed by atoms with Crippen LogP contribution in [-0.2, 0) is 33.3 Å². The number of likely N-dealkylation sites (N-methyl/N-ethyl adjacent to an activating group) is 1. The fourth-order valence-electron chi connectivity index (χ4n) is 9.09. The minimum Gasteiger partial charge on any atom is -0.477 e. The third kappa shape index (κ3) is 60.2. The first-order chi connectivity index (χ1) is 37.6. The van der Waals surface area contributed by atoms with Crippen LogP contribution in [0, 0.1) is 0 Å². The Labute approximate surface area is 475 Å². The topological polar surface area (TPSA) is 108 Å². The summed E-state index contributed by atoms with van der Waals surface area (Å²) in [6, 6.07) is 0. The van der Waals surface area contributed by atoms with E-state index in [1.807, 2.05) is 33.3 Å². The first kappa shape index (κ1) is 73.7. The standard InChI is InChI=1S/C68H121NO8/c1-6-8-10-12-14-16-18-20-22-23-24-25-26-27-28-29-30-31-32-33-34-35-36-37-38-39-40-41-42-43-45-46-48-50-52-54-56-58-65(70)75-62-64(63-76-68(67(72)73)74-61-60-69(3,4)5)77-66(71)59-57-55-53-51-49-47-44-21-19-17-15-13-11-9-7-2/h9,11,15,17,21,23-24,44,49,51,55,57,64,68H,6-8,10,12-14,16,18-20,22,25-43,45-48,50,52-54,56,58-63H2,1-5H3/p+1/b11-9-,17-15-,24-23-,44-21-,51-49-,57-55-. The quantitative estimate of drug-likeness (QED) is 0.0211. The minimum absolute atomic E-state index is 0.0271. The van der Waals surface area contributed by atoms with E-state index in [4.69, 9.17) is 18.9 Å². The number of ether oxygens (including phenoxy) is 4. The van der Waals surface area contributed by atoms with Crippen molar-refractivity contribution in [3.63, 3.8) is 0 Å². The number of aliphatic carboxylic acids is 1. The van der Waals surface area contributed by atoms with Crippen molar-refractivity contribution in [2.75, 3.05) is 47.5 Å². The molecular formula is C68H122NO8+. The minimum atomic E-state index is -1.54. The molecule has 0 fully saturated rings. The predicted octanol–water partition coefficient (Wildman–Crippen LogP) is 19.4. The Morgan fingerprint density at radius 1 is 0.416 bits per heavy atom. The molecular weight excluding hydrogens is 959 g/mol. The largest absolute Gasteiger partial charge is 0.477 e. The van der Waals surface area contributed by atoms with Gasteiger partial charge in [0.2, 0.25) is 0 Å². The van der Waals surface area contributed by atoms with Crippen LogP contribution in [0.4, 0.5) is 0 Å². The van der Waals surface area contributed by atoms with Gasteiger partial charge < -0.3 is 28.5 Å². The van der Waals surface area contributed by atoms with E-state index >= 15 is 0 Å². The Hall–Kier alpha value is -3.27. The van der Waals surface area contributed by atoms with Crippen molar-refractivity contribution in [2.45, 2.75) is 296 Å². The zero-order chi connectivity index (χ0) is 56.2. The molecule has 0 aliphatic rings. The van der Waals surface area contributed by atoms with Gasteiger partial charge in [-0.1, -0.05) is 279 Å². The van der Waals surface area contributed by atoms with E-state index in [-0.39, 0.29) is 38.6 Å². The van der Waals surface area contributed by atoms with Crippen LogP contribution in [0.1, 0.15) is 284 Å². The molecule has 0 aromatic heterocycles. The molecule has 2 unspecified atom stereocenters. The molecule has 0 amide bonds. The van der Waals surface area contributed by atoms with Gasteiger partial charge in [0.25, 0.3) is 6.29 Å². The van der Waals surface area contributed by atoms with Crippen molar-refractivity contribution < 1.29 is 42.9 Å². The Morgan fingerprint density at radius 3 is 1.16 bits per heavy atom. The van der Waals surface area contributed by atoms with Gasteiger partial charge in [-0.25, -0.2) is 4.79 Å². The molecule has 0 aliphatic heterocycles. The molecule has 77 heavy (non-hydrogen) atoms. The molecule has 0 heterocycles. The number of carboxylic acid groups (broad SMARTS) is 1. The number of unbranched alkanes of at least 4 members (excludes halogenated alkanes) is 33. The zero-order valence-corrected chi connectivity index (χ0v) is 50.9. The Bertz CT molecular complexity index is 1490. The average Bonchev–Trinajstić information content (AvgIpc) is 3.40. The monoisotopic (exact) mass is 1080 g/mol. The van der Waals surface area contributed by atoms with Gasteiger partial charge in [0.15, 0.2) is 6.10 Å². The van der Waals surface area contributed by atoms with Gasteiger partial charge >= 0.3 is 17.9 Å². The van der Waals surface area contributed by atoms with Crippen LogP contribution in [-0.4, -0.2) is 87.4 Å². The van der Waals surface area contributed by atoms with Crippen molar-refractivity contribution in [1.29, 1.82) is 0 Å². The van der Waals surface area contributed by atoms with E-state index < -0.39 is 24.3 Å². The van der Waals surface area contributed by atoms with Crippen molar-refractivity contribution in [3.05, 3.63) is 72.9 Å². The normalized spacial score (nSPS) is 13.2. The fraction of sp³-hybridized carbons (Fsp3) is 0.779. The van der Waals surface area contributed by atoms with Gasteiger partial charge in [0.1, 0.15) is 13.2 Å². The van der Waals surface area contributed by atoms with E-state index in [2.05, 4.69) is 68.5 Å². The molecule has 446 valence electrons. The smallest absolute Gasteiger partial charge is 0.361 e. The van der Waals surface area contributed by atoms with Crippen LogP contribution in [0.15, 0.2) is 72.9 Å². The maximum absolute atomic E-state index is 12.8. The van der Waals surface area contributed by atoms with E-state index in [1.54, 1.807) is 6.08 Å². The third-order valence-electron chi connectivity index (χ3n) is 14.0. The van der Waals surface area contributed by atoms with E-state index in [1.165, 1.54) is 205 Å². The summed E-state index contributed by atoms with van der Waals surface area (Å²) < 4.78 is 22.7. The Kier molecular flexibility index (Phi) is 56.4. The molecule has 0 aromatic rings. The summed E-state index contributed by atoms with van der Waals surface area (Å²) in [5, 5.41) is 9.69. The summed E-state index contributed by atoms with van der Waals surface area (Å²) in [7, 11) is 5.94. The number of hydrogen-bond acceptors (Lipinski definition) is 7. The molecule has 0 spiro atoms. The highest BCUT2D eigenvalue weighted by Gasteiger charge is 2.25. The van der Waals surface area contributed by atoms with Crippen molar-refractivity contribution >= 4 is 17.9 Å². The maximum atomic E-state index is 12.8. The molecule has 0 rings (SSSR count). The van der Waals surface area contributed by atoms with Gasteiger partial charge in [-0.3, -0.25) is 9.59 Å². The number of esters is 2. The number of carboxylic acids is 1. The van der Waals surface area contributed by atoms with E-state index in [0.717, 1.165) is 44.9 Å². The van der Waals surface area contributed by atoms with Crippen LogP contribution in [0.3, 0.4) is 0 Å². The van der Waals surface area contributed by atoms with Crippen LogP contribution in [0.25, 0.3) is 0 Å². The number of carbonyl (C=O) groups excluding carboxylic acids is 2. The summed E-state index contributed by atoms with van der Waals surface area (Å²) in [5.41, 5.74) is 0. The van der Waals surface area contributed by atoms with Gasteiger partial charge in [-0.05, 0) is 64.2 Å². The molecule has 0 radical (unpaired) electrons. The predicted molar refractivity (Wildman–Crippen MR) is 327 cm³/mol. The highest BCUT2D eigenvalue weighted by molar-refractivity contribution is 5.72. The lowest BCUT2D eigenvalue weighted by Crippen LogP contribution is -2.40. The van der Waals surface area contributed by atoms with Crippen molar-refractivity contribution in [2.24, 2.45) is 0 Å². The SMILES string of the molecule is CC/C=C\C/C=C\C/C=C\C/C=C\C/C=C\CC(=O)OC(COC(=O)CCCCCCCCCCCCCCCCCCCCCCCCCCC/C=C\CCCCCCCCCC)COC(OCC[N+](C)(C)C)C(=O)O. The number of allylic oxidation sites excluding steroid dienone is 11. The van der Waals surface area contributed by atoms with Crippen LogP contribution >= 0.6 is 0 Å². The lowest BCUT2D eigenvalue weighted by molar-refractivity contribution is -0.870. The second kappa shape index (κ2) is 58.9. The summed E-state index contributed by atoms with van der Waals surface area (Å²) in [4.78, 5) is 37.3. The molecule has 0 bridgehead atoms. The molecule has 1 N–H and O–H groups in total. The summed E-state index contributed by atoms with van der Waals surface area (Å²) >= 11 is 0. The number of hydrogen-bond donors (Lipinski definition) is 1. The lowest BCUT2D eigenvalue weighted by Gasteiger charge is -2.25. The van der Waals surface area contributed by atoms with E-state index in [0.29, 0.717) is 17.4 Å². The highest BCUT2D eigenvalue weighted by atomic mass is 16.7. The Morgan fingerprint density at radius 2 is 0.779 bits per heavy atom. The van der Waals surface area contributed by atoms with Crippen LogP contribution in [0.2, 0.25) is 0 Å². The van der Waals surface area contributed by atoms with Crippen LogP contribution in [0.5, 0.6) is 0 Å². The van der Waals surface area contributed by atoms with E-state index in [9.17, 15) is 19.5 Å². The average molecular weight is 1080 g/mol. The van der Waals surface area contributed by atoms with Crippen molar-refractivity contribution in [3.8, 4) is 0 Å². The van der Waals surface area contributed by atoms with Crippen molar-refractivity contribution in [1.82, 2.24) is 0 Å². The second-order valence-electron chi connectivity index (χ2n) is 22.7. The van der Waals surface area contributed by atoms with Gasteiger partial charge in [0.05, 0.1) is 40.8 Å². The number of rotatable bonds is 59. The lowest BCUT2D eigenvalue weighted by atomic mass is 10.0.